The molecule has 1 aromatic rings. The smallest absolute Gasteiger partial charge is 0.243 e. The minimum atomic E-state index is -0.252. The van der Waals surface area contributed by atoms with Crippen molar-refractivity contribution in [1.82, 2.24) is 4.90 Å². The van der Waals surface area contributed by atoms with Crippen LogP contribution in [0.5, 0.6) is 0 Å². The summed E-state index contributed by atoms with van der Waals surface area (Å²) < 4.78 is 0. The van der Waals surface area contributed by atoms with E-state index in [1.807, 2.05) is 12.1 Å². The van der Waals surface area contributed by atoms with Gasteiger partial charge in [0, 0.05) is 38.3 Å². The lowest BCUT2D eigenvalue weighted by atomic mass is 10.2. The molecule has 3 amide bonds. The molecule has 0 unspecified atom stereocenters. The number of amides is 3. The Bertz CT molecular complexity index is 554. The van der Waals surface area contributed by atoms with Gasteiger partial charge < -0.3 is 15.1 Å². The molecule has 1 aromatic carbocycles. The normalized spacial score (nSPS) is 14.2. The minimum absolute atomic E-state index is 0.0156. The summed E-state index contributed by atoms with van der Waals surface area (Å²) in [7, 11) is 1.57. The fraction of sp³-hybridized carbons (Fsp3) is 0.400. The molecule has 0 radical (unpaired) electrons. The number of carbonyl (C=O) groups excluding carboxylic acids is 3. The SMILES string of the molecule is CC(=O)N(C)CC(=O)Nc1ccc(N2CCCC2=O)cc1. The monoisotopic (exact) mass is 289 g/mol. The summed E-state index contributed by atoms with van der Waals surface area (Å²) in [6, 6.07) is 7.14. The number of carbonyl (C=O) groups is 3. The highest BCUT2D eigenvalue weighted by molar-refractivity contribution is 5.96. The van der Waals surface area contributed by atoms with Gasteiger partial charge in [-0.3, -0.25) is 14.4 Å². The van der Waals surface area contributed by atoms with Crippen molar-refractivity contribution >= 4 is 29.1 Å². The maximum absolute atomic E-state index is 11.8. The molecule has 0 aromatic heterocycles. The Labute approximate surface area is 123 Å². The van der Waals surface area contributed by atoms with Crippen molar-refractivity contribution in [3.05, 3.63) is 24.3 Å². The number of hydrogen-bond donors (Lipinski definition) is 1. The molecular weight excluding hydrogens is 270 g/mol. The summed E-state index contributed by atoms with van der Waals surface area (Å²) in [4.78, 5) is 37.5. The molecule has 1 saturated heterocycles. The first kappa shape index (κ1) is 15.0. The Kier molecular flexibility index (Phi) is 4.57. The highest BCUT2D eigenvalue weighted by atomic mass is 16.2. The van der Waals surface area contributed by atoms with Gasteiger partial charge in [-0.15, -0.1) is 0 Å². The van der Waals surface area contributed by atoms with Crippen molar-refractivity contribution in [2.24, 2.45) is 0 Å². The summed E-state index contributed by atoms with van der Waals surface area (Å²) in [6.07, 6.45) is 1.48. The number of nitrogens with zero attached hydrogens (tertiary/aromatic N) is 2. The van der Waals surface area contributed by atoms with Crippen molar-refractivity contribution in [3.8, 4) is 0 Å². The van der Waals surface area contributed by atoms with Crippen LogP contribution in [0.3, 0.4) is 0 Å². The topological polar surface area (TPSA) is 69.7 Å². The second-order valence-corrected chi connectivity index (χ2v) is 5.12. The molecule has 6 heteroatoms. The van der Waals surface area contributed by atoms with E-state index in [2.05, 4.69) is 5.32 Å². The summed E-state index contributed by atoms with van der Waals surface area (Å²) in [5, 5.41) is 2.72. The van der Waals surface area contributed by atoms with Gasteiger partial charge in [-0.05, 0) is 30.7 Å². The fourth-order valence-electron chi connectivity index (χ4n) is 2.17. The first-order valence-corrected chi connectivity index (χ1v) is 6.89. The molecule has 1 aliphatic rings. The quantitative estimate of drug-likeness (QED) is 0.906. The maximum atomic E-state index is 11.8. The molecule has 0 saturated carbocycles. The van der Waals surface area contributed by atoms with E-state index in [9.17, 15) is 14.4 Å². The van der Waals surface area contributed by atoms with Gasteiger partial charge in [-0.2, -0.15) is 0 Å². The second kappa shape index (κ2) is 6.39. The predicted molar refractivity (Wildman–Crippen MR) is 80.0 cm³/mol. The summed E-state index contributed by atoms with van der Waals surface area (Å²) in [6.45, 7) is 2.17. The molecule has 6 nitrogen and oxygen atoms in total. The number of benzene rings is 1. The standard InChI is InChI=1S/C15H19N3O3/c1-11(19)17(2)10-14(20)16-12-5-7-13(8-6-12)18-9-3-4-15(18)21/h5-8H,3-4,9-10H2,1-2H3,(H,16,20). The molecule has 1 aliphatic heterocycles. The lowest BCUT2D eigenvalue weighted by Gasteiger charge is -2.17. The number of nitrogens with one attached hydrogen (secondary N) is 1. The van der Waals surface area contributed by atoms with Gasteiger partial charge in [-0.1, -0.05) is 0 Å². The Morgan fingerprint density at radius 3 is 2.48 bits per heavy atom. The molecule has 112 valence electrons. The summed E-state index contributed by atoms with van der Waals surface area (Å²) in [5.74, 6) is -0.277. The van der Waals surface area contributed by atoms with E-state index in [4.69, 9.17) is 0 Å². The average molecular weight is 289 g/mol. The number of anilines is 2. The minimum Gasteiger partial charge on any atom is -0.337 e. The third-order valence-electron chi connectivity index (χ3n) is 3.45. The molecule has 1 fully saturated rings. The number of hydrogen-bond acceptors (Lipinski definition) is 3. The van der Waals surface area contributed by atoms with E-state index in [1.165, 1.54) is 11.8 Å². The van der Waals surface area contributed by atoms with Crippen LogP contribution in [0.15, 0.2) is 24.3 Å². The van der Waals surface area contributed by atoms with Crippen LogP contribution in [0.2, 0.25) is 0 Å². The van der Waals surface area contributed by atoms with Crippen LogP contribution in [0.4, 0.5) is 11.4 Å². The van der Waals surface area contributed by atoms with E-state index >= 15 is 0 Å². The van der Waals surface area contributed by atoms with E-state index in [0.29, 0.717) is 12.1 Å². The lowest BCUT2D eigenvalue weighted by molar-refractivity contribution is -0.131. The van der Waals surface area contributed by atoms with Gasteiger partial charge in [0.1, 0.15) is 0 Å². The van der Waals surface area contributed by atoms with Gasteiger partial charge in [0.25, 0.3) is 0 Å². The molecule has 0 atom stereocenters. The maximum Gasteiger partial charge on any atom is 0.243 e. The van der Waals surface area contributed by atoms with Crippen molar-refractivity contribution in [2.75, 3.05) is 30.4 Å². The first-order valence-electron chi connectivity index (χ1n) is 6.89. The van der Waals surface area contributed by atoms with E-state index in [-0.39, 0.29) is 24.3 Å². The van der Waals surface area contributed by atoms with Crippen LogP contribution in [0, 0.1) is 0 Å². The average Bonchev–Trinajstić information content (AvgIpc) is 2.85. The van der Waals surface area contributed by atoms with Crippen LogP contribution in [0.1, 0.15) is 19.8 Å². The number of rotatable bonds is 4. The molecule has 0 bridgehead atoms. The zero-order chi connectivity index (χ0) is 15.4. The summed E-state index contributed by atoms with van der Waals surface area (Å²) in [5.41, 5.74) is 1.49. The van der Waals surface area contributed by atoms with Crippen LogP contribution in [0.25, 0.3) is 0 Å². The molecule has 0 aliphatic carbocycles. The summed E-state index contributed by atoms with van der Waals surface area (Å²) >= 11 is 0. The van der Waals surface area contributed by atoms with Crippen LogP contribution in [-0.4, -0.2) is 42.8 Å². The van der Waals surface area contributed by atoms with Crippen molar-refractivity contribution in [2.45, 2.75) is 19.8 Å². The van der Waals surface area contributed by atoms with Gasteiger partial charge in [0.05, 0.1) is 6.54 Å². The van der Waals surface area contributed by atoms with Crippen LogP contribution in [-0.2, 0) is 14.4 Å². The molecule has 21 heavy (non-hydrogen) atoms. The fourth-order valence-corrected chi connectivity index (χ4v) is 2.17. The van der Waals surface area contributed by atoms with Crippen molar-refractivity contribution in [1.29, 1.82) is 0 Å². The molecule has 2 rings (SSSR count). The van der Waals surface area contributed by atoms with Crippen molar-refractivity contribution < 1.29 is 14.4 Å². The third kappa shape index (κ3) is 3.81. The molecule has 1 N–H and O–H groups in total. The zero-order valence-corrected chi connectivity index (χ0v) is 12.3. The van der Waals surface area contributed by atoms with Crippen LogP contribution >= 0.6 is 0 Å². The Morgan fingerprint density at radius 2 is 1.95 bits per heavy atom. The Hall–Kier alpha value is -2.37. The number of likely N-dealkylation sites (N-methyl/N-ethyl adjacent to an activating group) is 1. The second-order valence-electron chi connectivity index (χ2n) is 5.12. The van der Waals surface area contributed by atoms with Crippen LogP contribution < -0.4 is 10.2 Å². The van der Waals surface area contributed by atoms with E-state index in [1.54, 1.807) is 24.1 Å². The van der Waals surface area contributed by atoms with E-state index in [0.717, 1.165) is 18.7 Å². The van der Waals surface area contributed by atoms with E-state index < -0.39 is 0 Å². The Balaban J connectivity index is 1.95. The lowest BCUT2D eigenvalue weighted by Crippen LogP contribution is -2.33. The zero-order valence-electron chi connectivity index (χ0n) is 12.3. The first-order chi connectivity index (χ1) is 9.97. The predicted octanol–water partition coefficient (Wildman–Crippen LogP) is 1.23. The molecule has 1 heterocycles. The molecule has 0 spiro atoms. The van der Waals surface area contributed by atoms with Gasteiger partial charge in [0.2, 0.25) is 17.7 Å². The third-order valence-corrected chi connectivity index (χ3v) is 3.45. The van der Waals surface area contributed by atoms with Crippen molar-refractivity contribution in [3.63, 3.8) is 0 Å². The highest BCUT2D eigenvalue weighted by Crippen LogP contribution is 2.22. The van der Waals surface area contributed by atoms with Gasteiger partial charge in [0.15, 0.2) is 0 Å². The molecular formula is C15H19N3O3. The largest absolute Gasteiger partial charge is 0.337 e. The highest BCUT2D eigenvalue weighted by Gasteiger charge is 2.21. The van der Waals surface area contributed by atoms with Gasteiger partial charge in [-0.25, -0.2) is 0 Å². The Morgan fingerprint density at radius 1 is 1.29 bits per heavy atom. The van der Waals surface area contributed by atoms with Gasteiger partial charge >= 0.3 is 0 Å².